The second-order valence-electron chi connectivity index (χ2n) is 17.4. The Kier molecular flexibility index (Phi) is 11.5. The molecule has 2 aliphatic heterocycles. The van der Waals surface area contributed by atoms with Crippen LogP contribution < -0.4 is 14.5 Å². The molecule has 2 saturated heterocycles. The summed E-state index contributed by atoms with van der Waals surface area (Å²) in [5, 5.41) is 0. The lowest BCUT2D eigenvalue weighted by molar-refractivity contribution is -0.0390. The molecule has 2 aromatic carbocycles. The number of anilines is 2. The minimum absolute atomic E-state index is 0.0228. The number of rotatable bonds is 10. The van der Waals surface area contributed by atoms with Crippen LogP contribution in [0.3, 0.4) is 0 Å². The van der Waals surface area contributed by atoms with Gasteiger partial charge in [0.15, 0.2) is 6.17 Å². The van der Waals surface area contributed by atoms with Gasteiger partial charge in [-0.3, -0.25) is 4.98 Å². The van der Waals surface area contributed by atoms with Gasteiger partial charge < -0.3 is 24.0 Å². The standard InChI is InChI=1S/C46H56F3N5O3/c1-30-5-9-33(10-6-30)42(47)41-39(32-13-17-46(48,49)18-14-32)40-37(25-45(2,3)26-38(40)57-29-31-7-11-36(55-4)12-8-31)52-43(41)34-15-19-54(20-16-34)44-50-27-35(28-51-44)53-21-23-56-24-22-53/h5-12,27-28,32,34,38,42H,13-26,29H2,1-4H3/t38-,42-/m0/s1. The number of fused-ring (bicyclic) bond motifs is 1. The first-order valence-electron chi connectivity index (χ1n) is 20.8. The summed E-state index contributed by atoms with van der Waals surface area (Å²) in [5.74, 6) is -1.52. The molecule has 0 bridgehead atoms. The summed E-state index contributed by atoms with van der Waals surface area (Å²) in [5.41, 5.74) is 7.55. The van der Waals surface area contributed by atoms with Gasteiger partial charge in [0.1, 0.15) is 5.75 Å². The SMILES string of the molecule is COc1ccc(CO[C@H]2CC(C)(C)Cc3nc(C4CCN(c5ncc(N6CCOCC6)cn5)CC4)c([C@@H](F)c4ccc(C)cc4)c(C4CCC(F)(F)CC4)c32)cc1. The van der Waals surface area contributed by atoms with Crippen LogP contribution in [0.5, 0.6) is 5.75 Å². The molecule has 8 rings (SSSR count). The van der Waals surface area contributed by atoms with Crippen LogP contribution in [-0.4, -0.2) is 67.4 Å². The molecule has 11 heteroatoms. The number of hydrogen-bond donors (Lipinski definition) is 0. The predicted molar refractivity (Wildman–Crippen MR) is 216 cm³/mol. The average molecular weight is 784 g/mol. The highest BCUT2D eigenvalue weighted by molar-refractivity contribution is 5.52. The smallest absolute Gasteiger partial charge is 0.248 e. The number of alkyl halides is 3. The number of aryl methyl sites for hydroxylation is 1. The summed E-state index contributed by atoms with van der Waals surface area (Å²) in [6.07, 6.45) is 5.04. The Bertz CT molecular complexity index is 1970. The van der Waals surface area contributed by atoms with E-state index in [1.54, 1.807) is 7.11 Å². The molecule has 4 heterocycles. The summed E-state index contributed by atoms with van der Waals surface area (Å²) in [7, 11) is 1.64. The molecule has 1 saturated carbocycles. The molecule has 0 N–H and O–H groups in total. The monoisotopic (exact) mass is 783 g/mol. The van der Waals surface area contributed by atoms with Gasteiger partial charge in [-0.2, -0.15) is 0 Å². The Morgan fingerprint density at radius 3 is 2.16 bits per heavy atom. The number of aromatic nitrogens is 3. The van der Waals surface area contributed by atoms with Gasteiger partial charge in [0.05, 0.1) is 56.8 Å². The number of hydrogen-bond acceptors (Lipinski definition) is 8. The maximum absolute atomic E-state index is 17.8. The Morgan fingerprint density at radius 1 is 0.842 bits per heavy atom. The van der Waals surface area contributed by atoms with Crippen LogP contribution in [0.2, 0.25) is 0 Å². The van der Waals surface area contributed by atoms with Crippen molar-refractivity contribution in [3.05, 3.63) is 106 Å². The van der Waals surface area contributed by atoms with Crippen molar-refractivity contribution < 1.29 is 27.4 Å². The second-order valence-corrected chi connectivity index (χ2v) is 17.4. The van der Waals surface area contributed by atoms with E-state index in [1.807, 2.05) is 67.8 Å². The fourth-order valence-electron chi connectivity index (χ4n) is 9.45. The van der Waals surface area contributed by atoms with Crippen molar-refractivity contribution in [2.75, 3.05) is 56.3 Å². The first kappa shape index (κ1) is 39.6. The maximum atomic E-state index is 17.8. The van der Waals surface area contributed by atoms with Crippen molar-refractivity contribution in [1.82, 2.24) is 15.0 Å². The van der Waals surface area contributed by atoms with E-state index in [1.165, 1.54) is 0 Å². The van der Waals surface area contributed by atoms with Crippen LogP contribution >= 0.6 is 0 Å². The summed E-state index contributed by atoms with van der Waals surface area (Å²) < 4.78 is 65.3. The number of nitrogens with zero attached hydrogens (tertiary/aromatic N) is 5. The first-order chi connectivity index (χ1) is 27.5. The number of benzene rings is 2. The minimum Gasteiger partial charge on any atom is -0.497 e. The van der Waals surface area contributed by atoms with Crippen molar-refractivity contribution in [2.45, 2.75) is 109 Å². The van der Waals surface area contributed by atoms with Crippen molar-refractivity contribution in [3.63, 3.8) is 0 Å². The zero-order chi connectivity index (χ0) is 39.7. The highest BCUT2D eigenvalue weighted by Gasteiger charge is 2.44. The van der Waals surface area contributed by atoms with Gasteiger partial charge in [-0.15, -0.1) is 0 Å². The van der Waals surface area contributed by atoms with Gasteiger partial charge in [-0.25, -0.2) is 23.1 Å². The Morgan fingerprint density at radius 2 is 1.51 bits per heavy atom. The lowest BCUT2D eigenvalue weighted by atomic mass is 9.68. The molecule has 4 aromatic rings. The van der Waals surface area contributed by atoms with E-state index in [-0.39, 0.29) is 36.2 Å². The molecule has 0 radical (unpaired) electrons. The van der Waals surface area contributed by atoms with Gasteiger partial charge in [-0.1, -0.05) is 55.8 Å². The molecule has 304 valence electrons. The number of morpholine rings is 1. The lowest BCUT2D eigenvalue weighted by Gasteiger charge is -2.42. The number of piperidine rings is 1. The molecule has 0 unspecified atom stereocenters. The Balaban J connectivity index is 1.18. The number of halogens is 3. The van der Waals surface area contributed by atoms with Crippen molar-refractivity contribution in [2.24, 2.45) is 5.41 Å². The third-order valence-corrected chi connectivity index (χ3v) is 12.7. The van der Waals surface area contributed by atoms with E-state index < -0.39 is 12.1 Å². The molecule has 0 amide bonds. The quantitative estimate of drug-likeness (QED) is 0.158. The molecule has 3 fully saturated rings. The zero-order valence-corrected chi connectivity index (χ0v) is 33.8. The number of methoxy groups -OCH3 is 1. The van der Waals surface area contributed by atoms with Crippen molar-refractivity contribution >= 4 is 11.6 Å². The first-order valence-corrected chi connectivity index (χ1v) is 20.8. The normalized spacial score (nSPS) is 21.9. The maximum Gasteiger partial charge on any atom is 0.248 e. The highest BCUT2D eigenvalue weighted by atomic mass is 19.3. The number of ether oxygens (including phenoxy) is 3. The van der Waals surface area contributed by atoms with E-state index in [9.17, 15) is 8.78 Å². The molecule has 2 aliphatic carbocycles. The van der Waals surface area contributed by atoms with Crippen LogP contribution in [0, 0.1) is 12.3 Å². The highest BCUT2D eigenvalue weighted by Crippen LogP contribution is 2.53. The topological polar surface area (TPSA) is 72.8 Å². The van der Waals surface area contributed by atoms with E-state index in [4.69, 9.17) is 29.2 Å². The summed E-state index contributed by atoms with van der Waals surface area (Å²) in [4.78, 5) is 19.5. The van der Waals surface area contributed by atoms with Gasteiger partial charge >= 0.3 is 0 Å². The van der Waals surface area contributed by atoms with E-state index in [0.717, 1.165) is 77.4 Å². The molecule has 2 aromatic heterocycles. The fourth-order valence-corrected chi connectivity index (χ4v) is 9.45. The van der Waals surface area contributed by atoms with Crippen molar-refractivity contribution in [1.29, 1.82) is 0 Å². The second kappa shape index (κ2) is 16.6. The van der Waals surface area contributed by atoms with E-state index in [0.29, 0.717) is 69.2 Å². The molecular weight excluding hydrogens is 728 g/mol. The average Bonchev–Trinajstić information content (AvgIpc) is 3.22. The Hall–Kier alpha value is -4.22. The fraction of sp³-hybridized carbons (Fsp3) is 0.543. The van der Waals surface area contributed by atoms with Crippen LogP contribution in [0.15, 0.2) is 60.9 Å². The van der Waals surface area contributed by atoms with Crippen LogP contribution in [-0.2, 0) is 22.5 Å². The lowest BCUT2D eigenvalue weighted by Crippen LogP contribution is -2.37. The molecule has 8 nitrogen and oxygen atoms in total. The van der Waals surface area contributed by atoms with Gasteiger partial charge in [0.2, 0.25) is 11.9 Å². The van der Waals surface area contributed by atoms with Gasteiger partial charge in [0, 0.05) is 61.8 Å². The zero-order valence-electron chi connectivity index (χ0n) is 33.8. The van der Waals surface area contributed by atoms with E-state index in [2.05, 4.69) is 23.6 Å². The summed E-state index contributed by atoms with van der Waals surface area (Å²) in [6.45, 7) is 11.3. The van der Waals surface area contributed by atoms with Gasteiger partial charge in [-0.05, 0) is 85.6 Å². The third-order valence-electron chi connectivity index (χ3n) is 12.7. The van der Waals surface area contributed by atoms with Crippen molar-refractivity contribution in [3.8, 4) is 5.75 Å². The van der Waals surface area contributed by atoms with Gasteiger partial charge in [0.25, 0.3) is 0 Å². The largest absolute Gasteiger partial charge is 0.497 e. The predicted octanol–water partition coefficient (Wildman–Crippen LogP) is 9.99. The van der Waals surface area contributed by atoms with Crippen LogP contribution in [0.1, 0.15) is 128 Å². The number of pyridine rings is 1. The Labute approximate surface area is 335 Å². The summed E-state index contributed by atoms with van der Waals surface area (Å²) >= 11 is 0. The molecule has 57 heavy (non-hydrogen) atoms. The van der Waals surface area contributed by atoms with Crippen LogP contribution in [0.25, 0.3) is 0 Å². The van der Waals surface area contributed by atoms with E-state index >= 15 is 4.39 Å². The molecular formula is C46H56F3N5O3. The van der Waals surface area contributed by atoms with Crippen LogP contribution in [0.4, 0.5) is 24.8 Å². The minimum atomic E-state index is -2.72. The molecule has 4 aliphatic rings. The molecule has 0 spiro atoms. The summed E-state index contributed by atoms with van der Waals surface area (Å²) in [6, 6.07) is 15.5. The molecule has 2 atom stereocenters. The third kappa shape index (κ3) is 8.80.